The molecule has 0 fully saturated rings. The molecule has 0 saturated heterocycles. The van der Waals surface area contributed by atoms with Gasteiger partial charge in [-0.05, 0) is 61.5 Å². The number of ether oxygens (including phenoxy) is 2. The Hall–Kier alpha value is -3.37. The first-order valence-electron chi connectivity index (χ1n) is 10.9. The molecule has 1 heterocycles. The van der Waals surface area contributed by atoms with Gasteiger partial charge in [-0.3, -0.25) is 4.79 Å². The molecule has 4 aromatic rings. The zero-order valence-corrected chi connectivity index (χ0v) is 23.6. The van der Waals surface area contributed by atoms with Crippen molar-refractivity contribution < 1.29 is 57.0 Å². The maximum Gasteiger partial charge on any atom is 1.00 e. The number of para-hydroxylation sites is 1. The van der Waals surface area contributed by atoms with Crippen LogP contribution in [-0.4, -0.2) is 39.3 Å². The molecule has 4 rings (SSSR count). The Kier molecular flexibility index (Phi) is 8.98. The number of amides is 1. The summed E-state index contributed by atoms with van der Waals surface area (Å²) in [6.45, 7) is 1.05. The number of aromatic amines is 1. The van der Waals surface area contributed by atoms with E-state index in [-0.39, 0.29) is 45.8 Å². The van der Waals surface area contributed by atoms with Crippen LogP contribution in [-0.2, 0) is 14.8 Å². The fraction of sp³-hybridized carbons (Fsp3) is 0.111. The summed E-state index contributed by atoms with van der Waals surface area (Å²) in [6, 6.07) is 18.8. The first kappa shape index (κ1) is 28.2. The van der Waals surface area contributed by atoms with E-state index in [4.69, 9.17) is 9.47 Å². The molecule has 0 spiro atoms. The summed E-state index contributed by atoms with van der Waals surface area (Å²) in [7, 11) is -0.993. The van der Waals surface area contributed by atoms with Gasteiger partial charge in [-0.25, -0.2) is 8.42 Å². The summed E-state index contributed by atoms with van der Waals surface area (Å²) >= 11 is 0. The normalized spacial score (nSPS) is 11.2. The van der Waals surface area contributed by atoms with Crippen LogP contribution in [0.5, 0.6) is 11.5 Å². The average molecular weight is 527 g/mol. The molecule has 0 bridgehead atoms. The van der Waals surface area contributed by atoms with Crippen LogP contribution < -0.4 is 39.0 Å². The molecule has 184 valence electrons. The summed E-state index contributed by atoms with van der Waals surface area (Å²) in [6.07, 6.45) is 3.01. The van der Waals surface area contributed by atoms with Crippen LogP contribution >= 0.6 is 0 Å². The predicted molar refractivity (Wildman–Crippen MR) is 138 cm³/mol. The molecule has 0 aliphatic carbocycles. The van der Waals surface area contributed by atoms with Gasteiger partial charge in [0.25, 0.3) is 0 Å². The molecule has 10 heteroatoms. The SMILES string of the molecule is COc1cc(OC)c(-c2cc3ccccc3[nH]2)cc1/C=C/C(=O)c1ccc(S(=O)(=O)[N-]C(C)=O)cc1.[Na+]. The molecule has 8 nitrogen and oxygen atoms in total. The third-order valence-corrected chi connectivity index (χ3v) is 6.84. The van der Waals surface area contributed by atoms with Crippen LogP contribution in [0.3, 0.4) is 0 Å². The van der Waals surface area contributed by atoms with Gasteiger partial charge in [0.2, 0.25) is 0 Å². The van der Waals surface area contributed by atoms with Gasteiger partial charge in [-0.2, -0.15) is 0 Å². The number of H-pyrrole nitrogens is 1. The Morgan fingerprint density at radius 3 is 2.22 bits per heavy atom. The largest absolute Gasteiger partial charge is 1.00 e. The minimum absolute atomic E-state index is 0. The minimum atomic E-state index is -4.10. The van der Waals surface area contributed by atoms with Crippen LogP contribution in [0.25, 0.3) is 33.0 Å². The van der Waals surface area contributed by atoms with Crippen LogP contribution in [0, 0.1) is 0 Å². The molecule has 1 aromatic heterocycles. The number of benzene rings is 3. The molecule has 37 heavy (non-hydrogen) atoms. The Morgan fingerprint density at radius 1 is 0.919 bits per heavy atom. The molecule has 0 unspecified atom stereocenters. The predicted octanol–water partition coefficient (Wildman–Crippen LogP) is 2.36. The van der Waals surface area contributed by atoms with Gasteiger partial charge in [-0.1, -0.05) is 18.2 Å². The molecular formula is C27H23N2NaO6S. The molecule has 0 atom stereocenters. The molecule has 1 N–H and O–H groups in total. The number of carbonyl (C=O) groups excluding carboxylic acids is 2. The number of nitrogens with one attached hydrogen (secondary N) is 1. The summed E-state index contributed by atoms with van der Waals surface area (Å²) in [5.74, 6) is -0.0384. The zero-order valence-electron chi connectivity index (χ0n) is 20.8. The van der Waals surface area contributed by atoms with E-state index in [0.29, 0.717) is 17.1 Å². The number of carbonyl (C=O) groups is 2. The maximum atomic E-state index is 12.8. The topological polar surface area (TPSA) is 117 Å². The van der Waals surface area contributed by atoms with Gasteiger partial charge in [0.05, 0.1) is 30.7 Å². The average Bonchev–Trinajstić information content (AvgIpc) is 3.30. The van der Waals surface area contributed by atoms with E-state index in [1.165, 1.54) is 37.5 Å². The second-order valence-corrected chi connectivity index (χ2v) is 9.48. The smallest absolute Gasteiger partial charge is 0.542 e. The fourth-order valence-electron chi connectivity index (χ4n) is 3.76. The van der Waals surface area contributed by atoms with E-state index in [1.54, 1.807) is 19.3 Å². The third-order valence-electron chi connectivity index (χ3n) is 5.47. The van der Waals surface area contributed by atoms with E-state index >= 15 is 0 Å². The molecule has 0 saturated carbocycles. The second-order valence-electron chi connectivity index (χ2n) is 7.87. The van der Waals surface area contributed by atoms with Crippen LogP contribution in [0.15, 0.2) is 77.7 Å². The van der Waals surface area contributed by atoms with E-state index in [2.05, 4.69) is 9.71 Å². The number of methoxy groups -OCH3 is 2. The van der Waals surface area contributed by atoms with Gasteiger partial charge in [0.1, 0.15) is 21.5 Å². The van der Waals surface area contributed by atoms with Gasteiger partial charge < -0.3 is 24.0 Å². The van der Waals surface area contributed by atoms with E-state index in [9.17, 15) is 18.0 Å². The number of aromatic nitrogens is 1. The Labute approximate surface area is 237 Å². The van der Waals surface area contributed by atoms with Crippen molar-refractivity contribution in [1.29, 1.82) is 0 Å². The Morgan fingerprint density at radius 2 is 1.59 bits per heavy atom. The standard InChI is InChI=1S/C27H24N2O6S.Na/c1-17(30)29-36(32,33)21-11-8-18(9-12-21)25(31)13-10-20-14-22(27(35-3)16-26(20)34-2)24-15-19-6-4-5-7-23(19)28-24;/h4-16,28H,1-3H3,(H,29,30);/q;+1/p-1/b13-10+;. The van der Waals surface area contributed by atoms with Crippen molar-refractivity contribution in [3.8, 4) is 22.8 Å². The van der Waals surface area contributed by atoms with Crippen molar-refractivity contribution >= 4 is 38.7 Å². The quantitative estimate of drug-likeness (QED) is 0.214. The summed E-state index contributed by atoms with van der Waals surface area (Å²) < 4.78 is 38.3. The molecule has 0 radical (unpaired) electrons. The van der Waals surface area contributed by atoms with Gasteiger partial charge in [-0.15, -0.1) is 0 Å². The zero-order chi connectivity index (χ0) is 25.9. The molecule has 0 aliphatic rings. The monoisotopic (exact) mass is 526 g/mol. The van der Waals surface area contributed by atoms with E-state index in [1.807, 2.05) is 36.4 Å². The molecule has 3 aromatic carbocycles. The first-order valence-corrected chi connectivity index (χ1v) is 12.3. The number of nitrogens with zero attached hydrogens (tertiary/aromatic N) is 1. The van der Waals surface area contributed by atoms with Crippen molar-refractivity contribution in [1.82, 2.24) is 4.98 Å². The van der Waals surface area contributed by atoms with Crippen LogP contribution in [0.1, 0.15) is 22.8 Å². The fourth-order valence-corrected chi connectivity index (χ4v) is 4.68. The summed E-state index contributed by atoms with van der Waals surface area (Å²) in [5.41, 5.74) is 3.56. The van der Waals surface area contributed by atoms with Crippen molar-refractivity contribution in [2.24, 2.45) is 0 Å². The Balaban J connectivity index is 0.00000380. The second kappa shape index (κ2) is 11.8. The van der Waals surface area contributed by atoms with Crippen LogP contribution in [0.2, 0.25) is 0 Å². The number of ketones is 1. The van der Waals surface area contributed by atoms with Gasteiger partial charge >= 0.3 is 29.6 Å². The van der Waals surface area contributed by atoms with Gasteiger partial charge in [0.15, 0.2) is 5.78 Å². The van der Waals surface area contributed by atoms with Crippen molar-refractivity contribution in [2.45, 2.75) is 11.8 Å². The number of fused-ring (bicyclic) bond motifs is 1. The number of allylic oxidation sites excluding steroid dienone is 1. The summed E-state index contributed by atoms with van der Waals surface area (Å²) in [4.78, 5) is 27.0. The first-order chi connectivity index (χ1) is 17.2. The maximum absolute atomic E-state index is 12.8. The van der Waals surface area contributed by atoms with Crippen molar-refractivity contribution in [2.75, 3.05) is 14.2 Å². The third kappa shape index (κ3) is 6.31. The number of hydrogen-bond donors (Lipinski definition) is 1. The minimum Gasteiger partial charge on any atom is -0.542 e. The molecular weight excluding hydrogens is 503 g/mol. The number of hydrogen-bond acceptors (Lipinski definition) is 6. The van der Waals surface area contributed by atoms with E-state index in [0.717, 1.165) is 29.1 Å². The van der Waals surface area contributed by atoms with Crippen molar-refractivity contribution in [3.63, 3.8) is 0 Å². The van der Waals surface area contributed by atoms with Crippen molar-refractivity contribution in [3.05, 3.63) is 88.7 Å². The Bertz CT molecular complexity index is 1560. The van der Waals surface area contributed by atoms with Crippen LogP contribution in [0.4, 0.5) is 0 Å². The summed E-state index contributed by atoms with van der Waals surface area (Å²) in [5, 5.41) is 1.05. The van der Waals surface area contributed by atoms with Gasteiger partial charge in [0, 0.05) is 33.7 Å². The molecule has 1 amide bonds. The molecule has 0 aliphatic heterocycles. The number of sulfonamides is 1. The van der Waals surface area contributed by atoms with E-state index < -0.39 is 15.9 Å². The number of rotatable bonds is 8.